The number of amides is 1. The number of ether oxygens (including phenoxy) is 1. The van der Waals surface area contributed by atoms with E-state index in [2.05, 4.69) is 10.3 Å². The summed E-state index contributed by atoms with van der Waals surface area (Å²) >= 11 is 5.94. The van der Waals surface area contributed by atoms with Crippen LogP contribution >= 0.6 is 11.6 Å². The van der Waals surface area contributed by atoms with Gasteiger partial charge in [-0.2, -0.15) is 0 Å². The molecule has 1 aromatic carbocycles. The molecule has 2 aromatic rings. The minimum Gasteiger partial charge on any atom is -0.492 e. The molecule has 1 amide bonds. The average molecular weight is 379 g/mol. The molecule has 0 aliphatic carbocycles. The predicted octanol–water partition coefficient (Wildman–Crippen LogP) is 2.51. The van der Waals surface area contributed by atoms with Crippen LogP contribution in [0.2, 0.25) is 5.02 Å². The topological polar surface area (TPSA) is 93.1 Å². The summed E-state index contributed by atoms with van der Waals surface area (Å²) < 4.78 is 11.0. The lowest BCUT2D eigenvalue weighted by Gasteiger charge is -2.22. The number of hydrogen-bond acceptors (Lipinski definition) is 4. The van der Waals surface area contributed by atoms with Gasteiger partial charge in [0.25, 0.3) is 5.91 Å². The van der Waals surface area contributed by atoms with Crippen molar-refractivity contribution in [3.63, 3.8) is 0 Å². The molecule has 0 saturated carbocycles. The monoisotopic (exact) mass is 378 g/mol. The number of carbonyl (C=O) groups is 1. The maximum absolute atomic E-state index is 11.1. The molecule has 3 N–H and O–H groups in total. The van der Waals surface area contributed by atoms with E-state index in [1.807, 2.05) is 31.0 Å². The largest absolute Gasteiger partial charge is 0.492 e. The third kappa shape index (κ3) is 6.00. The molecule has 1 heterocycles. The number of likely N-dealkylation sites (N-methyl/N-ethyl adjacent to an activating group) is 1. The van der Waals surface area contributed by atoms with Crippen molar-refractivity contribution < 1.29 is 13.9 Å². The molecule has 0 radical (unpaired) electrons. The molecule has 0 saturated heterocycles. The van der Waals surface area contributed by atoms with Gasteiger partial charge in [0.2, 0.25) is 0 Å². The van der Waals surface area contributed by atoms with Gasteiger partial charge in [-0.15, -0.1) is 0 Å². The molecule has 0 bridgehead atoms. The number of nitrogens with one attached hydrogen (secondary N) is 1. The van der Waals surface area contributed by atoms with Crippen LogP contribution in [0.4, 0.5) is 0 Å². The fourth-order valence-corrected chi connectivity index (χ4v) is 2.36. The van der Waals surface area contributed by atoms with Gasteiger partial charge in [-0.25, -0.2) is 4.99 Å². The zero-order chi connectivity index (χ0) is 18.9. The summed E-state index contributed by atoms with van der Waals surface area (Å²) in [7, 11) is 1.92. The second kappa shape index (κ2) is 9.72. The first-order chi connectivity index (χ1) is 12.5. The number of carbonyl (C=O) groups excluding carboxylic acids is 1. The summed E-state index contributed by atoms with van der Waals surface area (Å²) in [6.07, 6.45) is 0. The first-order valence-electron chi connectivity index (χ1n) is 8.26. The van der Waals surface area contributed by atoms with Crippen LogP contribution in [0.3, 0.4) is 0 Å². The third-order valence-corrected chi connectivity index (χ3v) is 3.71. The van der Waals surface area contributed by atoms with Crippen molar-refractivity contribution in [3.05, 3.63) is 52.9 Å². The second-order valence-electron chi connectivity index (χ2n) is 5.53. The first kappa shape index (κ1) is 19.7. The normalized spacial score (nSPS) is 11.3. The van der Waals surface area contributed by atoms with Gasteiger partial charge in [0.15, 0.2) is 11.7 Å². The van der Waals surface area contributed by atoms with E-state index in [4.69, 9.17) is 26.5 Å². The van der Waals surface area contributed by atoms with Crippen LogP contribution in [0, 0.1) is 0 Å². The van der Waals surface area contributed by atoms with E-state index in [0.29, 0.717) is 36.4 Å². The molecule has 7 nitrogen and oxygen atoms in total. The average Bonchev–Trinajstić information content (AvgIpc) is 3.08. The molecular weight excluding hydrogens is 356 g/mol. The Kier molecular flexibility index (Phi) is 7.35. The highest BCUT2D eigenvalue weighted by atomic mass is 35.5. The Balaban J connectivity index is 1.90. The Morgan fingerprint density at radius 3 is 2.85 bits per heavy atom. The van der Waals surface area contributed by atoms with E-state index in [1.54, 1.807) is 24.3 Å². The molecule has 0 aliphatic rings. The van der Waals surface area contributed by atoms with E-state index >= 15 is 0 Å². The number of primary amides is 1. The van der Waals surface area contributed by atoms with E-state index < -0.39 is 5.91 Å². The number of benzene rings is 1. The zero-order valence-electron chi connectivity index (χ0n) is 14.9. The lowest BCUT2D eigenvalue weighted by molar-refractivity contribution is 0.0972. The quantitative estimate of drug-likeness (QED) is 0.543. The van der Waals surface area contributed by atoms with Crippen molar-refractivity contribution in [2.75, 3.05) is 26.7 Å². The maximum atomic E-state index is 11.1. The van der Waals surface area contributed by atoms with Crippen LogP contribution in [-0.2, 0) is 6.54 Å². The fraction of sp³-hybridized carbons (Fsp3) is 0.333. The number of guanidine groups is 1. The molecule has 2 rings (SSSR count). The number of aliphatic imine (C=N–C) groups is 1. The lowest BCUT2D eigenvalue weighted by Crippen LogP contribution is -2.40. The van der Waals surface area contributed by atoms with E-state index in [-0.39, 0.29) is 5.76 Å². The summed E-state index contributed by atoms with van der Waals surface area (Å²) in [6.45, 7) is 4.12. The van der Waals surface area contributed by atoms with Crippen molar-refractivity contribution >= 4 is 23.5 Å². The van der Waals surface area contributed by atoms with Gasteiger partial charge in [-0.3, -0.25) is 4.79 Å². The highest BCUT2D eigenvalue weighted by molar-refractivity contribution is 6.30. The number of furan rings is 1. The molecule has 8 heteroatoms. The van der Waals surface area contributed by atoms with Crippen LogP contribution in [0.5, 0.6) is 5.75 Å². The molecule has 0 spiro atoms. The summed E-state index contributed by atoms with van der Waals surface area (Å²) in [5.41, 5.74) is 5.18. The van der Waals surface area contributed by atoms with E-state index in [1.165, 1.54) is 0 Å². The summed E-state index contributed by atoms with van der Waals surface area (Å²) in [5, 5.41) is 3.84. The highest BCUT2D eigenvalue weighted by Crippen LogP contribution is 2.16. The van der Waals surface area contributed by atoms with Crippen molar-refractivity contribution in [2.45, 2.75) is 13.5 Å². The van der Waals surface area contributed by atoms with Gasteiger partial charge in [0.05, 0.1) is 6.54 Å². The molecule has 26 heavy (non-hydrogen) atoms. The number of rotatable bonds is 8. The SMILES string of the molecule is CCNC(=NCc1ccc(C(N)=O)o1)N(C)CCOc1cccc(Cl)c1. The number of nitrogens with two attached hydrogens (primary N) is 1. The van der Waals surface area contributed by atoms with Crippen LogP contribution in [0.25, 0.3) is 0 Å². The van der Waals surface area contributed by atoms with Crippen LogP contribution in [-0.4, -0.2) is 43.5 Å². The standard InChI is InChI=1S/C18H23ClN4O3/c1-3-21-18(22-12-15-7-8-16(26-15)17(20)24)23(2)9-10-25-14-6-4-5-13(19)11-14/h4-8,11H,3,9-10,12H2,1-2H3,(H2,20,24)(H,21,22). The smallest absolute Gasteiger partial charge is 0.284 e. The van der Waals surface area contributed by atoms with Crippen molar-refractivity contribution in [1.29, 1.82) is 0 Å². The maximum Gasteiger partial charge on any atom is 0.284 e. The minimum absolute atomic E-state index is 0.128. The van der Waals surface area contributed by atoms with Gasteiger partial charge in [-0.1, -0.05) is 17.7 Å². The number of nitrogens with zero attached hydrogens (tertiary/aromatic N) is 2. The molecule has 0 fully saturated rings. The number of hydrogen-bond donors (Lipinski definition) is 2. The van der Waals surface area contributed by atoms with Gasteiger partial charge in [0, 0.05) is 18.6 Å². The lowest BCUT2D eigenvalue weighted by atomic mass is 10.3. The molecular formula is C18H23ClN4O3. The van der Waals surface area contributed by atoms with Crippen LogP contribution in [0.1, 0.15) is 23.2 Å². The highest BCUT2D eigenvalue weighted by Gasteiger charge is 2.09. The zero-order valence-corrected chi connectivity index (χ0v) is 15.6. The molecule has 0 atom stereocenters. The molecule has 0 unspecified atom stereocenters. The van der Waals surface area contributed by atoms with Crippen molar-refractivity contribution in [3.8, 4) is 5.75 Å². The minimum atomic E-state index is -0.595. The van der Waals surface area contributed by atoms with Crippen molar-refractivity contribution in [2.24, 2.45) is 10.7 Å². The Hall–Kier alpha value is -2.67. The molecule has 1 aromatic heterocycles. The van der Waals surface area contributed by atoms with Crippen LogP contribution < -0.4 is 15.8 Å². The van der Waals surface area contributed by atoms with E-state index in [9.17, 15) is 4.79 Å². The molecule has 0 aliphatic heterocycles. The van der Waals surface area contributed by atoms with Gasteiger partial charge < -0.3 is 25.1 Å². The van der Waals surface area contributed by atoms with Gasteiger partial charge in [-0.05, 0) is 37.3 Å². The number of halogens is 1. The van der Waals surface area contributed by atoms with Crippen LogP contribution in [0.15, 0.2) is 45.8 Å². The predicted molar refractivity (Wildman–Crippen MR) is 102 cm³/mol. The van der Waals surface area contributed by atoms with Gasteiger partial charge >= 0.3 is 0 Å². The second-order valence-corrected chi connectivity index (χ2v) is 5.96. The van der Waals surface area contributed by atoms with Crippen molar-refractivity contribution in [1.82, 2.24) is 10.2 Å². The summed E-state index contributed by atoms with van der Waals surface area (Å²) in [5.74, 6) is 1.53. The molecule has 140 valence electrons. The van der Waals surface area contributed by atoms with Gasteiger partial charge in [0.1, 0.15) is 24.7 Å². The fourth-order valence-electron chi connectivity index (χ4n) is 2.18. The first-order valence-corrected chi connectivity index (χ1v) is 8.63. The Morgan fingerprint density at radius 1 is 1.38 bits per heavy atom. The Morgan fingerprint density at radius 2 is 2.19 bits per heavy atom. The summed E-state index contributed by atoms with van der Waals surface area (Å²) in [6, 6.07) is 10.5. The summed E-state index contributed by atoms with van der Waals surface area (Å²) in [4.78, 5) is 17.5. The Bertz CT molecular complexity index is 760. The van der Waals surface area contributed by atoms with E-state index in [0.717, 1.165) is 12.3 Å². The Labute approximate surface area is 157 Å². The third-order valence-electron chi connectivity index (χ3n) is 3.48.